The molecule has 0 aliphatic rings. The van der Waals surface area contributed by atoms with Crippen molar-refractivity contribution in [2.75, 3.05) is 11.9 Å². The van der Waals surface area contributed by atoms with Gasteiger partial charge >= 0.3 is 5.69 Å². The number of aromatic nitrogens is 2. The molecule has 2 aromatic rings. The van der Waals surface area contributed by atoms with Gasteiger partial charge in [0.2, 0.25) is 11.1 Å². The maximum atomic E-state index is 11.0. The molecule has 0 bridgehead atoms. The van der Waals surface area contributed by atoms with E-state index in [0.29, 0.717) is 0 Å². The highest BCUT2D eigenvalue weighted by Crippen LogP contribution is 2.27. The van der Waals surface area contributed by atoms with Crippen LogP contribution in [0, 0.1) is 10.1 Å². The van der Waals surface area contributed by atoms with E-state index in [1.807, 2.05) is 24.4 Å². The molecule has 0 aliphatic carbocycles. The number of halogens is 1. The SMILES string of the molecule is CC(Cc1cccs1)N(C)c1nc(Cl)ncc1[N+](=O)[O-]. The second kappa shape index (κ2) is 6.15. The van der Waals surface area contributed by atoms with Crippen molar-refractivity contribution in [3.05, 3.63) is 44.0 Å². The van der Waals surface area contributed by atoms with Crippen LogP contribution in [0.25, 0.3) is 0 Å². The first-order chi connectivity index (χ1) is 9.49. The smallest absolute Gasteiger partial charge is 0.329 e. The highest BCUT2D eigenvalue weighted by Gasteiger charge is 2.23. The minimum Gasteiger partial charge on any atom is -0.351 e. The summed E-state index contributed by atoms with van der Waals surface area (Å²) < 4.78 is 0. The Morgan fingerprint density at radius 2 is 2.35 bits per heavy atom. The molecule has 2 rings (SSSR count). The second-order valence-corrected chi connectivity index (χ2v) is 5.72. The van der Waals surface area contributed by atoms with E-state index in [0.717, 1.165) is 12.6 Å². The summed E-state index contributed by atoms with van der Waals surface area (Å²) in [6.07, 6.45) is 1.92. The highest BCUT2D eigenvalue weighted by atomic mass is 35.5. The number of hydrogen-bond donors (Lipinski definition) is 0. The summed E-state index contributed by atoms with van der Waals surface area (Å²) in [5.74, 6) is 0.235. The van der Waals surface area contributed by atoms with Gasteiger partial charge in [-0.2, -0.15) is 4.98 Å². The number of hydrogen-bond acceptors (Lipinski definition) is 6. The monoisotopic (exact) mass is 312 g/mol. The third-order valence-electron chi connectivity index (χ3n) is 2.99. The van der Waals surface area contributed by atoms with E-state index in [1.54, 1.807) is 23.3 Å². The largest absolute Gasteiger partial charge is 0.351 e. The van der Waals surface area contributed by atoms with Crippen molar-refractivity contribution < 1.29 is 4.92 Å². The lowest BCUT2D eigenvalue weighted by Crippen LogP contribution is -2.31. The number of thiophene rings is 1. The van der Waals surface area contributed by atoms with Crippen molar-refractivity contribution >= 4 is 34.4 Å². The molecule has 2 aromatic heterocycles. The van der Waals surface area contributed by atoms with Crippen molar-refractivity contribution in [1.29, 1.82) is 0 Å². The first-order valence-corrected chi connectivity index (χ1v) is 7.17. The Balaban J connectivity index is 2.25. The molecule has 0 radical (unpaired) electrons. The van der Waals surface area contributed by atoms with Crippen LogP contribution >= 0.6 is 22.9 Å². The number of likely N-dealkylation sites (N-methyl/N-ethyl adjacent to an activating group) is 1. The highest BCUT2D eigenvalue weighted by molar-refractivity contribution is 7.09. The average molecular weight is 313 g/mol. The summed E-state index contributed by atoms with van der Waals surface area (Å²) in [6, 6.07) is 4.07. The van der Waals surface area contributed by atoms with Gasteiger partial charge in [0.05, 0.1) is 4.92 Å². The maximum Gasteiger partial charge on any atom is 0.329 e. The molecule has 0 spiro atoms. The topological polar surface area (TPSA) is 72.2 Å². The average Bonchev–Trinajstić information content (AvgIpc) is 2.90. The third-order valence-corrected chi connectivity index (χ3v) is 4.07. The molecule has 0 saturated heterocycles. The van der Waals surface area contributed by atoms with Gasteiger partial charge in [-0.05, 0) is 30.0 Å². The Labute approximate surface area is 125 Å². The van der Waals surface area contributed by atoms with E-state index in [9.17, 15) is 10.1 Å². The molecular weight excluding hydrogens is 300 g/mol. The Bertz CT molecular complexity index is 606. The normalized spacial score (nSPS) is 12.2. The first-order valence-electron chi connectivity index (χ1n) is 5.91. The fraction of sp³-hybridized carbons (Fsp3) is 0.333. The van der Waals surface area contributed by atoms with Crippen LogP contribution in [0.5, 0.6) is 0 Å². The quantitative estimate of drug-likeness (QED) is 0.482. The summed E-state index contributed by atoms with van der Waals surface area (Å²) in [7, 11) is 1.77. The van der Waals surface area contributed by atoms with Gasteiger partial charge in [-0.1, -0.05) is 6.07 Å². The molecule has 0 saturated carbocycles. The van der Waals surface area contributed by atoms with Gasteiger partial charge in [-0.3, -0.25) is 10.1 Å². The molecule has 0 N–H and O–H groups in total. The van der Waals surface area contributed by atoms with Crippen molar-refractivity contribution in [3.63, 3.8) is 0 Å². The summed E-state index contributed by atoms with van der Waals surface area (Å²) >= 11 is 7.40. The predicted octanol–water partition coefficient (Wildman–Crippen LogP) is 3.17. The number of anilines is 1. The Morgan fingerprint density at radius 1 is 1.60 bits per heavy atom. The van der Waals surface area contributed by atoms with E-state index in [-0.39, 0.29) is 22.8 Å². The van der Waals surface area contributed by atoms with E-state index in [2.05, 4.69) is 9.97 Å². The van der Waals surface area contributed by atoms with E-state index in [1.165, 1.54) is 4.88 Å². The molecule has 0 aliphatic heterocycles. The predicted molar refractivity (Wildman–Crippen MR) is 79.6 cm³/mol. The molecule has 2 heterocycles. The van der Waals surface area contributed by atoms with Crippen LogP contribution in [0.1, 0.15) is 11.8 Å². The standard InChI is InChI=1S/C12H13ClN4O2S/c1-8(6-9-4-3-5-20-9)16(2)11-10(17(18)19)7-14-12(13)15-11/h3-5,7-8H,6H2,1-2H3. The van der Waals surface area contributed by atoms with Crippen LogP contribution in [-0.2, 0) is 6.42 Å². The second-order valence-electron chi connectivity index (χ2n) is 4.35. The van der Waals surface area contributed by atoms with Gasteiger partial charge in [0.15, 0.2) is 0 Å². The molecule has 1 unspecified atom stereocenters. The third kappa shape index (κ3) is 3.23. The van der Waals surface area contributed by atoms with Crippen LogP contribution in [-0.4, -0.2) is 28.0 Å². The van der Waals surface area contributed by atoms with E-state index in [4.69, 9.17) is 11.6 Å². The van der Waals surface area contributed by atoms with Crippen LogP contribution in [0.15, 0.2) is 23.7 Å². The van der Waals surface area contributed by atoms with Crippen molar-refractivity contribution in [2.24, 2.45) is 0 Å². The number of nitro groups is 1. The van der Waals surface area contributed by atoms with Gasteiger partial charge in [-0.15, -0.1) is 11.3 Å². The Hall–Kier alpha value is -1.73. The van der Waals surface area contributed by atoms with Crippen molar-refractivity contribution in [1.82, 2.24) is 9.97 Å². The molecule has 0 amide bonds. The van der Waals surface area contributed by atoms with E-state index < -0.39 is 4.92 Å². The molecule has 1 atom stereocenters. The molecular formula is C12H13ClN4O2S. The van der Waals surface area contributed by atoms with Gasteiger partial charge in [0.1, 0.15) is 6.20 Å². The Kier molecular flexibility index (Phi) is 4.51. The molecule has 20 heavy (non-hydrogen) atoms. The summed E-state index contributed by atoms with van der Waals surface area (Å²) in [6.45, 7) is 1.99. The zero-order chi connectivity index (χ0) is 14.7. The van der Waals surface area contributed by atoms with Crippen molar-refractivity contribution in [3.8, 4) is 0 Å². The number of rotatable bonds is 5. The maximum absolute atomic E-state index is 11.0. The molecule has 0 fully saturated rings. The minimum atomic E-state index is -0.500. The minimum absolute atomic E-state index is 0.000716. The lowest BCUT2D eigenvalue weighted by molar-refractivity contribution is -0.384. The summed E-state index contributed by atoms with van der Waals surface area (Å²) in [5, 5.41) is 13.0. The zero-order valence-electron chi connectivity index (χ0n) is 11.0. The zero-order valence-corrected chi connectivity index (χ0v) is 12.6. The van der Waals surface area contributed by atoms with Gasteiger partial charge in [-0.25, -0.2) is 4.98 Å². The fourth-order valence-corrected chi connectivity index (χ4v) is 2.75. The van der Waals surface area contributed by atoms with Gasteiger partial charge < -0.3 is 4.90 Å². The molecule has 6 nitrogen and oxygen atoms in total. The first kappa shape index (κ1) is 14.7. The molecule has 8 heteroatoms. The lowest BCUT2D eigenvalue weighted by atomic mass is 10.2. The van der Waals surface area contributed by atoms with Crippen LogP contribution in [0.3, 0.4) is 0 Å². The van der Waals surface area contributed by atoms with Gasteiger partial charge in [0, 0.05) is 24.4 Å². The van der Waals surface area contributed by atoms with Crippen LogP contribution < -0.4 is 4.90 Å². The fourth-order valence-electron chi connectivity index (χ4n) is 1.80. The summed E-state index contributed by atoms with van der Waals surface area (Å²) in [4.78, 5) is 21.2. The van der Waals surface area contributed by atoms with Crippen LogP contribution in [0.4, 0.5) is 11.5 Å². The number of nitrogens with zero attached hydrogens (tertiary/aromatic N) is 4. The van der Waals surface area contributed by atoms with Crippen molar-refractivity contribution in [2.45, 2.75) is 19.4 Å². The molecule has 0 aromatic carbocycles. The van der Waals surface area contributed by atoms with E-state index >= 15 is 0 Å². The van der Waals surface area contributed by atoms with Crippen LogP contribution in [0.2, 0.25) is 5.28 Å². The Morgan fingerprint density at radius 3 is 2.95 bits per heavy atom. The van der Waals surface area contributed by atoms with Gasteiger partial charge in [0.25, 0.3) is 0 Å². The lowest BCUT2D eigenvalue weighted by Gasteiger charge is -2.25. The molecule has 106 valence electrons. The summed E-state index contributed by atoms with van der Waals surface area (Å²) in [5.41, 5.74) is -0.144.